The third-order valence-corrected chi connectivity index (χ3v) is 16.6. The van der Waals surface area contributed by atoms with E-state index in [0.717, 1.165) is 28.6 Å². The van der Waals surface area contributed by atoms with E-state index in [1.165, 1.54) is 19.3 Å². The fourth-order valence-electron chi connectivity index (χ4n) is 7.92. The van der Waals surface area contributed by atoms with Crippen LogP contribution in [0, 0.1) is 5.92 Å². The molecule has 2 unspecified atom stereocenters. The minimum atomic E-state index is 0.00912. The molecule has 0 bridgehead atoms. The highest BCUT2D eigenvalue weighted by atomic mass is 31.1. The number of rotatable bonds is 5. The van der Waals surface area contributed by atoms with Gasteiger partial charge in [-0.2, -0.15) is 0 Å². The summed E-state index contributed by atoms with van der Waals surface area (Å²) in [6, 6.07) is 0. The van der Waals surface area contributed by atoms with E-state index >= 15 is 0 Å². The fourth-order valence-corrected chi connectivity index (χ4v) is 18.2. The van der Waals surface area contributed by atoms with E-state index < -0.39 is 0 Å². The van der Waals surface area contributed by atoms with Gasteiger partial charge in [-0.1, -0.05) is 109 Å². The van der Waals surface area contributed by atoms with Gasteiger partial charge in [-0.25, -0.2) is 0 Å². The van der Waals surface area contributed by atoms with Gasteiger partial charge in [0.2, 0.25) is 0 Å². The van der Waals surface area contributed by atoms with Crippen LogP contribution in [-0.4, -0.2) is 32.9 Å². The van der Waals surface area contributed by atoms with Gasteiger partial charge in [-0.3, -0.25) is 0 Å². The average Bonchev–Trinajstić information content (AvgIpc) is 3.11. The molecule has 3 rings (SSSR count). The van der Waals surface area contributed by atoms with Gasteiger partial charge in [0.05, 0.1) is 0 Å². The third kappa shape index (κ3) is 6.01. The smallest absolute Gasteiger partial charge is 0.0170 e. The van der Waals surface area contributed by atoms with Gasteiger partial charge in [-0.05, 0) is 77.4 Å². The van der Waals surface area contributed by atoms with Gasteiger partial charge >= 0.3 is 0 Å². The lowest BCUT2D eigenvalue weighted by Gasteiger charge is -2.51. The van der Waals surface area contributed by atoms with Crippen molar-refractivity contribution in [2.24, 2.45) is 5.92 Å². The molecular weight excluding hydrogens is 386 g/mol. The third-order valence-electron chi connectivity index (χ3n) is 8.38. The molecule has 3 fully saturated rings. The van der Waals surface area contributed by atoms with E-state index in [9.17, 15) is 0 Å². The normalized spacial score (nSPS) is 29.7. The highest BCUT2D eigenvalue weighted by Crippen LogP contribution is 2.70. The summed E-state index contributed by atoms with van der Waals surface area (Å²) in [6.45, 7) is 18.0. The monoisotopic (exact) mass is 438 g/mol. The maximum Gasteiger partial charge on any atom is -0.0170 e. The van der Waals surface area contributed by atoms with Crippen LogP contribution in [0.1, 0.15) is 132 Å². The topological polar surface area (TPSA) is 0 Å². The Morgan fingerprint density at radius 1 is 0.586 bits per heavy atom. The van der Waals surface area contributed by atoms with Crippen molar-refractivity contribution in [1.29, 1.82) is 0 Å². The quantitative estimate of drug-likeness (QED) is 0.375. The van der Waals surface area contributed by atoms with Crippen LogP contribution >= 0.6 is 15.8 Å². The second kappa shape index (κ2) is 10.2. The van der Waals surface area contributed by atoms with Gasteiger partial charge in [0, 0.05) is 0 Å². The Balaban J connectivity index is 1.86. The van der Waals surface area contributed by atoms with Crippen LogP contribution in [0.3, 0.4) is 0 Å². The number of hydrogen-bond donors (Lipinski definition) is 0. The van der Waals surface area contributed by atoms with E-state index in [1.54, 1.807) is 64.2 Å². The Morgan fingerprint density at radius 3 is 1.45 bits per heavy atom. The highest BCUT2D eigenvalue weighted by molar-refractivity contribution is 7.62. The molecule has 0 aromatic rings. The average molecular weight is 439 g/mol. The highest BCUT2D eigenvalue weighted by Gasteiger charge is 2.48. The molecule has 3 aliphatic rings. The van der Waals surface area contributed by atoms with Gasteiger partial charge in [0.1, 0.15) is 0 Å². The Labute approximate surface area is 186 Å². The second-order valence-corrected chi connectivity index (χ2v) is 19.9. The van der Waals surface area contributed by atoms with Crippen LogP contribution in [0.15, 0.2) is 0 Å². The fraction of sp³-hybridized carbons (Fsp3) is 1.00. The zero-order valence-electron chi connectivity index (χ0n) is 21.0. The predicted molar refractivity (Wildman–Crippen MR) is 138 cm³/mol. The molecule has 0 nitrogen and oxygen atoms in total. The minimum Gasteiger partial charge on any atom is -0.0968 e. The summed E-state index contributed by atoms with van der Waals surface area (Å²) in [4.78, 5) is 0. The first-order chi connectivity index (χ1) is 13.6. The van der Waals surface area contributed by atoms with Crippen molar-refractivity contribution in [3.05, 3.63) is 0 Å². The van der Waals surface area contributed by atoms with Crippen LogP contribution in [0.4, 0.5) is 0 Å². The molecule has 0 amide bonds. The van der Waals surface area contributed by atoms with Gasteiger partial charge in [-0.15, -0.1) is 0 Å². The molecule has 29 heavy (non-hydrogen) atoms. The van der Waals surface area contributed by atoms with Crippen LogP contribution < -0.4 is 0 Å². The van der Waals surface area contributed by atoms with Crippen LogP contribution in [0.25, 0.3) is 0 Å². The summed E-state index contributed by atoms with van der Waals surface area (Å²) in [5.41, 5.74) is 4.32. The van der Waals surface area contributed by atoms with Gasteiger partial charge in [0.25, 0.3) is 0 Å². The Bertz CT molecular complexity index is 456. The summed E-state index contributed by atoms with van der Waals surface area (Å²) in [7, 11) is 0.253. The van der Waals surface area contributed by atoms with Crippen LogP contribution in [0.5, 0.6) is 0 Å². The molecule has 0 saturated heterocycles. The summed E-state index contributed by atoms with van der Waals surface area (Å²) < 4.78 is 0. The molecule has 0 aliphatic heterocycles. The summed E-state index contributed by atoms with van der Waals surface area (Å²) in [6.07, 6.45) is 20.2. The summed E-state index contributed by atoms with van der Waals surface area (Å²) in [5, 5.41) is 0.942. The predicted octanol–water partition coefficient (Wildman–Crippen LogP) is 9.77. The Hall–Kier alpha value is 0.860. The summed E-state index contributed by atoms with van der Waals surface area (Å²) >= 11 is 0. The first-order valence-electron chi connectivity index (χ1n) is 13.2. The van der Waals surface area contributed by atoms with Crippen LogP contribution in [-0.2, 0) is 0 Å². The Morgan fingerprint density at radius 2 is 1.03 bits per heavy atom. The summed E-state index contributed by atoms with van der Waals surface area (Å²) in [5.74, 6) is 1.04. The Kier molecular flexibility index (Phi) is 8.62. The van der Waals surface area contributed by atoms with Crippen molar-refractivity contribution >= 4 is 15.8 Å². The second-order valence-electron chi connectivity index (χ2n) is 12.6. The van der Waals surface area contributed by atoms with E-state index in [0.29, 0.717) is 10.3 Å². The lowest BCUT2D eigenvalue weighted by atomic mass is 9.99. The van der Waals surface area contributed by atoms with Crippen molar-refractivity contribution in [2.45, 2.75) is 165 Å². The van der Waals surface area contributed by atoms with E-state index in [1.807, 2.05) is 0 Å². The van der Waals surface area contributed by atoms with E-state index in [2.05, 4.69) is 48.5 Å². The van der Waals surface area contributed by atoms with E-state index in [-0.39, 0.29) is 15.8 Å². The zero-order valence-corrected chi connectivity index (χ0v) is 22.8. The molecule has 0 aromatic carbocycles. The van der Waals surface area contributed by atoms with Gasteiger partial charge < -0.3 is 0 Å². The molecule has 170 valence electrons. The largest absolute Gasteiger partial charge is 0.0968 e. The molecule has 2 heteroatoms. The lowest BCUT2D eigenvalue weighted by molar-refractivity contribution is 0.466. The molecule has 3 aliphatic carbocycles. The van der Waals surface area contributed by atoms with Crippen molar-refractivity contribution in [2.75, 3.05) is 0 Å². The molecular formula is C27H52P2. The maximum atomic E-state index is 2.71. The molecule has 0 N–H and O–H groups in total. The SMILES string of the molecule is CC([C@H]1CCCC1P(C1CCCCC1)C1CCCCC1)P(C(C)(C)C)C(C)(C)C. The van der Waals surface area contributed by atoms with Crippen molar-refractivity contribution in [3.63, 3.8) is 0 Å². The molecule has 0 spiro atoms. The maximum absolute atomic E-state index is 2.71. The molecule has 0 heterocycles. The van der Waals surface area contributed by atoms with Gasteiger partial charge in [0.15, 0.2) is 0 Å². The molecule has 3 atom stereocenters. The zero-order chi connectivity index (χ0) is 21.2. The standard InChI is InChI=1S/C27H52P2/c1-21(29(26(2,3)4)27(5,6)7)24-19-14-20-25(24)28(22-15-10-8-11-16-22)23-17-12-9-13-18-23/h21-25H,8-20H2,1-7H3/t21?,24-,25?/m1/s1. The first-order valence-corrected chi connectivity index (χ1v) is 16.1. The first kappa shape index (κ1) is 24.5. The molecule has 0 aromatic heterocycles. The number of hydrogen-bond acceptors (Lipinski definition) is 0. The minimum absolute atomic E-state index is 0.00912. The molecule has 3 saturated carbocycles. The lowest BCUT2D eigenvalue weighted by Crippen LogP contribution is -2.37. The van der Waals surface area contributed by atoms with Crippen molar-refractivity contribution in [1.82, 2.24) is 0 Å². The van der Waals surface area contributed by atoms with E-state index in [4.69, 9.17) is 0 Å². The van der Waals surface area contributed by atoms with Crippen molar-refractivity contribution in [3.8, 4) is 0 Å². The molecule has 0 radical (unpaired) electrons. The van der Waals surface area contributed by atoms with Crippen LogP contribution in [0.2, 0.25) is 0 Å². The van der Waals surface area contributed by atoms with Crippen molar-refractivity contribution < 1.29 is 0 Å².